The summed E-state index contributed by atoms with van der Waals surface area (Å²) in [5.74, 6) is -7.19. The van der Waals surface area contributed by atoms with Crippen LogP contribution in [0.4, 0.5) is 18.9 Å². The van der Waals surface area contributed by atoms with Gasteiger partial charge in [-0.2, -0.15) is 11.3 Å². The zero-order valence-electron chi connectivity index (χ0n) is 11.5. The molecule has 1 heterocycles. The third kappa shape index (κ3) is 4.08. The number of thiophene rings is 1. The normalized spacial score (nSPS) is 11.8. The van der Waals surface area contributed by atoms with Crippen molar-refractivity contribution in [2.75, 3.05) is 11.9 Å². The molecule has 0 spiro atoms. The van der Waals surface area contributed by atoms with Crippen LogP contribution in [-0.4, -0.2) is 23.5 Å². The molecule has 0 saturated heterocycles. The lowest BCUT2D eigenvalue weighted by Gasteiger charge is -2.11. The molecule has 1 aromatic heterocycles. The van der Waals surface area contributed by atoms with Gasteiger partial charge in [0.15, 0.2) is 17.5 Å². The fourth-order valence-electron chi connectivity index (χ4n) is 1.65. The molecule has 122 valence electrons. The highest BCUT2D eigenvalue weighted by Crippen LogP contribution is 2.19. The number of aliphatic hydroxyl groups excluding tert-OH is 1. The number of anilines is 1. The smallest absolute Gasteiger partial charge is 0.313 e. The van der Waals surface area contributed by atoms with Crippen LogP contribution in [0.1, 0.15) is 11.7 Å². The molecule has 2 rings (SSSR count). The summed E-state index contributed by atoms with van der Waals surface area (Å²) < 4.78 is 39.2. The van der Waals surface area contributed by atoms with Crippen LogP contribution < -0.4 is 10.6 Å². The molecule has 0 saturated carbocycles. The van der Waals surface area contributed by atoms with E-state index in [9.17, 15) is 27.9 Å². The van der Waals surface area contributed by atoms with Crippen LogP contribution in [-0.2, 0) is 9.59 Å². The fraction of sp³-hybridized carbons (Fsp3) is 0.143. The van der Waals surface area contributed by atoms with E-state index in [1.54, 1.807) is 16.8 Å². The van der Waals surface area contributed by atoms with Crippen LogP contribution >= 0.6 is 11.3 Å². The van der Waals surface area contributed by atoms with Crippen LogP contribution in [0.5, 0.6) is 0 Å². The predicted molar refractivity (Wildman–Crippen MR) is 77.2 cm³/mol. The van der Waals surface area contributed by atoms with Crippen molar-refractivity contribution in [1.82, 2.24) is 5.32 Å². The quantitative estimate of drug-likeness (QED) is 0.586. The van der Waals surface area contributed by atoms with Crippen LogP contribution in [0.15, 0.2) is 29.0 Å². The number of amides is 2. The highest BCUT2D eigenvalue weighted by atomic mass is 32.1. The molecule has 0 aliphatic heterocycles. The van der Waals surface area contributed by atoms with Crippen molar-refractivity contribution in [1.29, 1.82) is 0 Å². The van der Waals surface area contributed by atoms with Crippen LogP contribution in [0.2, 0.25) is 0 Å². The minimum Gasteiger partial charge on any atom is -0.387 e. The Morgan fingerprint density at radius 3 is 2.52 bits per heavy atom. The Balaban J connectivity index is 1.93. The molecular formula is C14H11F3N2O3S. The van der Waals surface area contributed by atoms with Gasteiger partial charge in [0.2, 0.25) is 0 Å². The summed E-state index contributed by atoms with van der Waals surface area (Å²) in [6.45, 7) is -0.233. The van der Waals surface area contributed by atoms with E-state index in [1.807, 2.05) is 5.32 Å². The number of aliphatic hydroxyl groups is 1. The Kier molecular flexibility index (Phi) is 5.35. The summed E-state index contributed by atoms with van der Waals surface area (Å²) in [4.78, 5) is 23.1. The SMILES string of the molecule is O=C(NCC(O)c1ccsc1)C(=O)Nc1ccc(F)c(F)c1F. The van der Waals surface area contributed by atoms with Crippen molar-refractivity contribution >= 4 is 28.8 Å². The Morgan fingerprint density at radius 1 is 1.13 bits per heavy atom. The fourth-order valence-corrected chi connectivity index (χ4v) is 2.36. The monoisotopic (exact) mass is 344 g/mol. The van der Waals surface area contributed by atoms with Crippen molar-refractivity contribution in [2.45, 2.75) is 6.10 Å². The van der Waals surface area contributed by atoms with Crippen LogP contribution in [0.25, 0.3) is 0 Å². The molecular weight excluding hydrogens is 333 g/mol. The molecule has 3 N–H and O–H groups in total. The van der Waals surface area contributed by atoms with Gasteiger partial charge in [-0.05, 0) is 34.5 Å². The van der Waals surface area contributed by atoms with E-state index in [4.69, 9.17) is 0 Å². The Bertz CT molecular complexity index is 722. The molecule has 1 unspecified atom stereocenters. The summed E-state index contributed by atoms with van der Waals surface area (Å²) in [5.41, 5.74) is -0.0928. The number of carbonyl (C=O) groups excluding carboxylic acids is 2. The molecule has 0 radical (unpaired) electrons. The van der Waals surface area contributed by atoms with Gasteiger partial charge in [-0.3, -0.25) is 9.59 Å². The molecule has 23 heavy (non-hydrogen) atoms. The van der Waals surface area contributed by atoms with Crippen molar-refractivity contribution in [2.24, 2.45) is 0 Å². The maximum Gasteiger partial charge on any atom is 0.313 e. The zero-order chi connectivity index (χ0) is 17.0. The average Bonchev–Trinajstić information content (AvgIpc) is 3.07. The second-order valence-corrected chi connectivity index (χ2v) is 5.24. The van der Waals surface area contributed by atoms with E-state index >= 15 is 0 Å². The summed E-state index contributed by atoms with van der Waals surface area (Å²) in [7, 11) is 0. The molecule has 5 nitrogen and oxygen atoms in total. The number of carbonyl (C=O) groups is 2. The summed E-state index contributed by atoms with van der Waals surface area (Å²) >= 11 is 1.35. The summed E-state index contributed by atoms with van der Waals surface area (Å²) in [6, 6.07) is 3.06. The molecule has 1 aromatic carbocycles. The molecule has 0 aliphatic rings. The third-order valence-electron chi connectivity index (χ3n) is 2.87. The lowest BCUT2D eigenvalue weighted by Crippen LogP contribution is -2.37. The lowest BCUT2D eigenvalue weighted by molar-refractivity contribution is -0.136. The van der Waals surface area contributed by atoms with Gasteiger partial charge in [0.1, 0.15) is 0 Å². The predicted octanol–water partition coefficient (Wildman–Crippen LogP) is 1.95. The molecule has 0 fully saturated rings. The minimum absolute atomic E-state index is 0.233. The first-order valence-corrected chi connectivity index (χ1v) is 7.27. The van der Waals surface area contributed by atoms with Crippen molar-refractivity contribution < 1.29 is 27.9 Å². The molecule has 1 atom stereocenters. The number of hydrogen-bond donors (Lipinski definition) is 3. The summed E-state index contributed by atoms with van der Waals surface area (Å²) in [6.07, 6.45) is -1.00. The van der Waals surface area contributed by atoms with Gasteiger partial charge in [0.05, 0.1) is 11.8 Å². The highest BCUT2D eigenvalue weighted by molar-refractivity contribution is 7.07. The van der Waals surface area contributed by atoms with Crippen molar-refractivity contribution in [3.8, 4) is 0 Å². The summed E-state index contributed by atoms with van der Waals surface area (Å²) in [5, 5.41) is 17.1. The maximum atomic E-state index is 13.4. The van der Waals surface area contributed by atoms with E-state index in [1.165, 1.54) is 11.3 Å². The number of rotatable bonds is 4. The Morgan fingerprint density at radius 2 is 1.87 bits per heavy atom. The minimum atomic E-state index is -1.75. The second kappa shape index (κ2) is 7.25. The van der Waals surface area contributed by atoms with Gasteiger partial charge >= 0.3 is 11.8 Å². The Hall–Kier alpha value is -2.39. The zero-order valence-corrected chi connectivity index (χ0v) is 12.3. The van der Waals surface area contributed by atoms with Gasteiger partial charge in [0, 0.05) is 6.54 Å². The highest BCUT2D eigenvalue weighted by Gasteiger charge is 2.20. The lowest BCUT2D eigenvalue weighted by atomic mass is 10.2. The second-order valence-electron chi connectivity index (χ2n) is 4.46. The number of benzene rings is 1. The number of nitrogens with one attached hydrogen (secondary N) is 2. The molecule has 0 bridgehead atoms. The van der Waals surface area contributed by atoms with Crippen LogP contribution in [0, 0.1) is 17.5 Å². The average molecular weight is 344 g/mol. The standard InChI is InChI=1S/C14H11F3N2O3S/c15-8-1-2-9(12(17)11(8)16)19-14(22)13(21)18-5-10(20)7-3-4-23-6-7/h1-4,6,10,20H,5H2,(H,18,21)(H,19,22). The molecule has 9 heteroatoms. The van der Waals surface area contributed by atoms with Gasteiger partial charge < -0.3 is 15.7 Å². The van der Waals surface area contributed by atoms with E-state index in [2.05, 4.69) is 5.32 Å². The third-order valence-corrected chi connectivity index (χ3v) is 3.58. The van der Waals surface area contributed by atoms with E-state index in [0.29, 0.717) is 11.6 Å². The van der Waals surface area contributed by atoms with Crippen molar-refractivity contribution in [3.05, 3.63) is 52.0 Å². The van der Waals surface area contributed by atoms with Gasteiger partial charge in [-0.15, -0.1) is 0 Å². The molecule has 2 aromatic rings. The number of hydrogen-bond acceptors (Lipinski definition) is 4. The van der Waals surface area contributed by atoms with E-state index in [-0.39, 0.29) is 6.54 Å². The first kappa shape index (κ1) is 17.0. The maximum absolute atomic E-state index is 13.4. The first-order valence-electron chi connectivity index (χ1n) is 6.33. The number of halogens is 3. The van der Waals surface area contributed by atoms with E-state index < -0.39 is 41.1 Å². The Labute approximate surface area is 132 Å². The molecule has 2 amide bonds. The first-order chi connectivity index (χ1) is 10.9. The largest absolute Gasteiger partial charge is 0.387 e. The van der Waals surface area contributed by atoms with Gasteiger partial charge in [-0.1, -0.05) is 0 Å². The van der Waals surface area contributed by atoms with Crippen LogP contribution in [0.3, 0.4) is 0 Å². The van der Waals surface area contributed by atoms with Crippen molar-refractivity contribution in [3.63, 3.8) is 0 Å². The van der Waals surface area contributed by atoms with Gasteiger partial charge in [0.25, 0.3) is 0 Å². The van der Waals surface area contributed by atoms with Gasteiger partial charge in [-0.25, -0.2) is 13.2 Å². The van der Waals surface area contributed by atoms with E-state index in [0.717, 1.165) is 6.07 Å². The molecule has 0 aliphatic carbocycles. The topological polar surface area (TPSA) is 78.4 Å².